The van der Waals surface area contributed by atoms with Gasteiger partial charge in [0.1, 0.15) is 18.2 Å². The second-order valence-electron chi connectivity index (χ2n) is 11.5. The second-order valence-corrected chi connectivity index (χ2v) is 11.5. The number of benzene rings is 1. The molecular formula is C31H49NO8. The summed E-state index contributed by atoms with van der Waals surface area (Å²) in [5.74, 6) is -1.61. The van der Waals surface area contributed by atoms with Gasteiger partial charge in [0.25, 0.3) is 0 Å². The monoisotopic (exact) mass is 563 g/mol. The topological polar surface area (TPSA) is 131 Å². The van der Waals surface area contributed by atoms with Crippen molar-refractivity contribution >= 4 is 23.9 Å². The van der Waals surface area contributed by atoms with Gasteiger partial charge in [-0.15, -0.1) is 0 Å². The Hall–Kier alpha value is -2.94. The molecule has 2 N–H and O–H groups in total. The van der Waals surface area contributed by atoms with Crippen LogP contribution in [0, 0.1) is 5.41 Å². The number of unbranched alkanes of at least 4 members (excludes halogenated alkanes) is 4. The fraction of sp³-hybridized carbons (Fsp3) is 0.677. The zero-order valence-electron chi connectivity index (χ0n) is 25.4. The molecule has 1 unspecified atom stereocenters. The average Bonchev–Trinajstić information content (AvgIpc) is 2.84. The van der Waals surface area contributed by atoms with Crippen LogP contribution in [0.4, 0.5) is 0 Å². The summed E-state index contributed by atoms with van der Waals surface area (Å²) in [5, 5.41) is 0. The van der Waals surface area contributed by atoms with Gasteiger partial charge in [-0.25, -0.2) is 0 Å². The molecule has 1 rings (SSSR count). The van der Waals surface area contributed by atoms with Crippen molar-refractivity contribution in [3.8, 4) is 11.5 Å². The van der Waals surface area contributed by atoms with Crippen LogP contribution in [0.5, 0.6) is 11.5 Å². The Bertz CT molecular complexity index is 969. The van der Waals surface area contributed by atoms with Gasteiger partial charge in [-0.2, -0.15) is 0 Å². The molecule has 0 amide bonds. The van der Waals surface area contributed by atoms with Crippen molar-refractivity contribution in [2.45, 2.75) is 131 Å². The molecule has 40 heavy (non-hydrogen) atoms. The zero-order valence-corrected chi connectivity index (χ0v) is 25.4. The highest BCUT2D eigenvalue weighted by atomic mass is 16.6. The normalized spacial score (nSPS) is 13.6. The zero-order chi connectivity index (χ0) is 30.3. The van der Waals surface area contributed by atoms with Crippen LogP contribution in [0.25, 0.3) is 0 Å². The van der Waals surface area contributed by atoms with Gasteiger partial charge < -0.3 is 24.7 Å². The van der Waals surface area contributed by atoms with E-state index in [9.17, 15) is 19.2 Å². The van der Waals surface area contributed by atoms with E-state index in [2.05, 4.69) is 0 Å². The Morgan fingerprint density at radius 3 is 1.82 bits per heavy atom. The molecule has 0 aromatic heterocycles. The number of carbonyl (C=O) groups is 4. The van der Waals surface area contributed by atoms with Gasteiger partial charge in [0.2, 0.25) is 0 Å². The third-order valence-electron chi connectivity index (χ3n) is 6.14. The molecule has 1 aromatic carbocycles. The van der Waals surface area contributed by atoms with Crippen molar-refractivity contribution in [3.63, 3.8) is 0 Å². The van der Waals surface area contributed by atoms with Gasteiger partial charge in [-0.3, -0.25) is 19.2 Å². The molecule has 0 saturated heterocycles. The third kappa shape index (κ3) is 14.4. The molecule has 0 saturated carbocycles. The molecule has 0 spiro atoms. The van der Waals surface area contributed by atoms with Gasteiger partial charge in [0.05, 0.1) is 6.42 Å². The van der Waals surface area contributed by atoms with Crippen molar-refractivity contribution in [2.24, 2.45) is 11.1 Å². The minimum atomic E-state index is -1.02. The minimum absolute atomic E-state index is 0.0921. The number of hydrogen-bond donors (Lipinski definition) is 1. The van der Waals surface area contributed by atoms with E-state index in [1.54, 1.807) is 32.0 Å². The van der Waals surface area contributed by atoms with E-state index in [1.807, 2.05) is 34.6 Å². The number of rotatable bonds is 17. The molecule has 9 nitrogen and oxygen atoms in total. The molecule has 0 aliphatic carbocycles. The Balaban J connectivity index is 2.88. The molecule has 1 aromatic rings. The van der Waals surface area contributed by atoms with Crippen LogP contribution in [0.15, 0.2) is 18.2 Å². The summed E-state index contributed by atoms with van der Waals surface area (Å²) in [5.41, 5.74) is 6.51. The summed E-state index contributed by atoms with van der Waals surface area (Å²) >= 11 is 0. The number of ether oxygens (including phenoxy) is 4. The predicted molar refractivity (Wildman–Crippen MR) is 153 cm³/mol. The maximum atomic E-state index is 12.7. The molecule has 0 radical (unpaired) electrons. The maximum absolute atomic E-state index is 12.7. The lowest BCUT2D eigenvalue weighted by atomic mass is 9.92. The summed E-state index contributed by atoms with van der Waals surface area (Å²) in [4.78, 5) is 49.5. The number of esters is 4. The smallest absolute Gasteiger partial charge is 0.323 e. The molecule has 0 fully saturated rings. The average molecular weight is 564 g/mol. The summed E-state index contributed by atoms with van der Waals surface area (Å²) in [6.07, 6.45) is 4.66. The van der Waals surface area contributed by atoms with Crippen LogP contribution in [0.1, 0.15) is 112 Å². The largest absolute Gasteiger partial charge is 0.459 e. The maximum Gasteiger partial charge on any atom is 0.323 e. The lowest BCUT2D eigenvalue weighted by molar-refractivity contribution is -0.167. The number of nitrogens with two attached hydrogens (primary N) is 1. The molecule has 0 aliphatic heterocycles. The summed E-state index contributed by atoms with van der Waals surface area (Å²) in [6.45, 7) is 13.2. The highest BCUT2D eigenvalue weighted by molar-refractivity contribution is 5.77. The van der Waals surface area contributed by atoms with Gasteiger partial charge in [0, 0.05) is 12.8 Å². The Morgan fingerprint density at radius 2 is 1.30 bits per heavy atom. The van der Waals surface area contributed by atoms with E-state index >= 15 is 0 Å². The van der Waals surface area contributed by atoms with Gasteiger partial charge >= 0.3 is 23.9 Å². The van der Waals surface area contributed by atoms with E-state index in [0.717, 1.165) is 25.7 Å². The fourth-order valence-corrected chi connectivity index (χ4v) is 3.71. The first-order valence-electron chi connectivity index (χ1n) is 14.5. The van der Waals surface area contributed by atoms with Crippen LogP contribution >= 0.6 is 0 Å². The molecule has 0 aliphatic rings. The van der Waals surface area contributed by atoms with E-state index in [1.165, 1.54) is 0 Å². The van der Waals surface area contributed by atoms with Gasteiger partial charge in [-0.05, 0) is 56.2 Å². The highest BCUT2D eigenvalue weighted by Gasteiger charge is 2.26. The quantitative estimate of drug-likeness (QED) is 0.141. The molecule has 0 bridgehead atoms. The summed E-state index contributed by atoms with van der Waals surface area (Å²) < 4.78 is 21.9. The number of carbonyl (C=O) groups excluding carboxylic acids is 4. The van der Waals surface area contributed by atoms with Crippen molar-refractivity contribution in [1.29, 1.82) is 0 Å². The van der Waals surface area contributed by atoms with Crippen LogP contribution in [0.3, 0.4) is 0 Å². The molecule has 3 atom stereocenters. The van der Waals surface area contributed by atoms with E-state index in [0.29, 0.717) is 18.4 Å². The Kier molecular flexibility index (Phi) is 15.5. The Morgan fingerprint density at radius 1 is 0.775 bits per heavy atom. The summed E-state index contributed by atoms with van der Waals surface area (Å²) in [6, 6.07) is 3.74. The predicted octanol–water partition coefficient (Wildman–Crippen LogP) is 5.83. The third-order valence-corrected chi connectivity index (χ3v) is 6.14. The standard InChI is InChI=1S/C31H49NO8/c1-8-10-12-14-27(33)39-25-17-16-23(19-26(25)40-28(34)15-13-11-9-2)18-24(32)30(36)38-22(4)21(3)37-29(35)20-31(5,6)7/h16-17,19,21-22,24H,8-15,18,20,32H2,1-7H3/t21?,22-,24-/m0/s1. The van der Waals surface area contributed by atoms with Crippen LogP contribution < -0.4 is 15.2 Å². The van der Waals surface area contributed by atoms with Crippen molar-refractivity contribution < 1.29 is 38.1 Å². The second kappa shape index (κ2) is 17.7. The van der Waals surface area contributed by atoms with Crippen molar-refractivity contribution in [3.05, 3.63) is 23.8 Å². The molecule has 0 heterocycles. The lowest BCUT2D eigenvalue weighted by Gasteiger charge is -2.24. The van der Waals surface area contributed by atoms with E-state index in [-0.39, 0.29) is 48.6 Å². The molecule has 9 heteroatoms. The minimum Gasteiger partial charge on any atom is -0.459 e. The van der Waals surface area contributed by atoms with Crippen LogP contribution in [-0.4, -0.2) is 42.1 Å². The first-order valence-corrected chi connectivity index (χ1v) is 14.5. The van der Waals surface area contributed by atoms with Gasteiger partial charge in [0.15, 0.2) is 11.5 Å². The molecular weight excluding hydrogens is 514 g/mol. The first-order chi connectivity index (χ1) is 18.7. The Labute approximate surface area is 239 Å². The van der Waals surface area contributed by atoms with Crippen LogP contribution in [-0.2, 0) is 35.1 Å². The molecule has 226 valence electrons. The fourth-order valence-electron chi connectivity index (χ4n) is 3.71. The van der Waals surface area contributed by atoms with E-state index < -0.39 is 36.2 Å². The van der Waals surface area contributed by atoms with Gasteiger partial charge in [-0.1, -0.05) is 66.4 Å². The van der Waals surface area contributed by atoms with Crippen molar-refractivity contribution in [2.75, 3.05) is 0 Å². The summed E-state index contributed by atoms with van der Waals surface area (Å²) in [7, 11) is 0. The first kappa shape index (κ1) is 35.1. The van der Waals surface area contributed by atoms with Crippen molar-refractivity contribution in [1.82, 2.24) is 0 Å². The van der Waals surface area contributed by atoms with Crippen LogP contribution in [0.2, 0.25) is 0 Å². The lowest BCUT2D eigenvalue weighted by Crippen LogP contribution is -2.39. The highest BCUT2D eigenvalue weighted by Crippen LogP contribution is 2.30. The SMILES string of the molecule is CCCCCC(=O)Oc1ccc(C[C@H](N)C(=O)O[C@@H](C)C(C)OC(=O)CC(C)(C)C)cc1OC(=O)CCCCC. The van der Waals surface area contributed by atoms with E-state index in [4.69, 9.17) is 24.7 Å². The number of hydrogen-bond acceptors (Lipinski definition) is 9.